The van der Waals surface area contributed by atoms with Crippen LogP contribution in [0.5, 0.6) is 0 Å². The van der Waals surface area contributed by atoms with Crippen LogP contribution in [0.1, 0.15) is 54.0 Å². The average Bonchev–Trinajstić information content (AvgIpc) is 2.70. The molecule has 2 fully saturated rings. The van der Waals surface area contributed by atoms with Crippen LogP contribution in [0, 0.1) is 0 Å². The van der Waals surface area contributed by atoms with Gasteiger partial charge in [-0.25, -0.2) is 0 Å². The van der Waals surface area contributed by atoms with Crippen LogP contribution in [0.15, 0.2) is 24.3 Å². The maximum atomic E-state index is 12.6. The third-order valence-electron chi connectivity index (χ3n) is 5.55. The van der Waals surface area contributed by atoms with Crippen molar-refractivity contribution in [2.75, 3.05) is 13.1 Å². The van der Waals surface area contributed by atoms with Gasteiger partial charge in [0, 0.05) is 13.1 Å². The van der Waals surface area contributed by atoms with Crippen LogP contribution in [-0.4, -0.2) is 53.9 Å². The Balaban J connectivity index is 1.58. The molecule has 1 aromatic carbocycles. The van der Waals surface area contributed by atoms with Gasteiger partial charge in [0.05, 0.1) is 29.3 Å². The van der Waals surface area contributed by atoms with Crippen LogP contribution < -0.4 is 5.46 Å². The fourth-order valence-corrected chi connectivity index (χ4v) is 3.33. The molecule has 0 atom stereocenters. The molecular formula is C21H32BNO4. The molecule has 2 aliphatic rings. The maximum Gasteiger partial charge on any atom is 0.494 e. The minimum Gasteiger partial charge on any atom is -0.399 e. The maximum absolute atomic E-state index is 12.6. The number of amides is 1. The minimum absolute atomic E-state index is 0.134. The summed E-state index contributed by atoms with van der Waals surface area (Å²) in [4.78, 5) is 14.4. The van der Waals surface area contributed by atoms with E-state index in [1.165, 1.54) is 0 Å². The summed E-state index contributed by atoms with van der Waals surface area (Å²) in [6, 6.07) is 7.95. The monoisotopic (exact) mass is 373 g/mol. The van der Waals surface area contributed by atoms with Gasteiger partial charge < -0.3 is 18.9 Å². The highest BCUT2D eigenvalue weighted by atomic mass is 16.7. The van der Waals surface area contributed by atoms with Gasteiger partial charge in [0.2, 0.25) is 5.91 Å². The van der Waals surface area contributed by atoms with Crippen molar-refractivity contribution < 1.29 is 18.8 Å². The third-order valence-corrected chi connectivity index (χ3v) is 5.55. The predicted octanol–water partition coefficient (Wildman–Crippen LogP) is 2.55. The second-order valence-corrected chi connectivity index (χ2v) is 9.66. The molecule has 6 heteroatoms. The van der Waals surface area contributed by atoms with Gasteiger partial charge >= 0.3 is 7.12 Å². The molecule has 0 radical (unpaired) electrons. The van der Waals surface area contributed by atoms with E-state index < -0.39 is 7.12 Å². The van der Waals surface area contributed by atoms with E-state index in [0.29, 0.717) is 19.5 Å². The Bertz CT molecular complexity index is 688. The molecule has 0 spiro atoms. The van der Waals surface area contributed by atoms with Gasteiger partial charge in [0.15, 0.2) is 0 Å². The van der Waals surface area contributed by atoms with Crippen molar-refractivity contribution >= 4 is 18.5 Å². The predicted molar refractivity (Wildman–Crippen MR) is 107 cm³/mol. The van der Waals surface area contributed by atoms with Crippen molar-refractivity contribution in [2.45, 2.75) is 77.8 Å². The van der Waals surface area contributed by atoms with E-state index in [4.69, 9.17) is 14.0 Å². The zero-order chi connectivity index (χ0) is 20.0. The normalized spacial score (nSPS) is 22.0. The molecule has 0 aliphatic carbocycles. The van der Waals surface area contributed by atoms with Crippen LogP contribution in [0.25, 0.3) is 0 Å². The largest absolute Gasteiger partial charge is 0.494 e. The standard InChI is InChI=1S/C21H32BNO4/c1-19(2,3)25-17-13-23(14-17)18(24)12-15-9-8-10-16(11-15)22-26-20(4,5)21(6,7)27-22/h8-11,17H,12-14H2,1-7H3. The van der Waals surface area contributed by atoms with Crippen molar-refractivity contribution in [3.05, 3.63) is 29.8 Å². The number of hydrogen-bond donors (Lipinski definition) is 0. The van der Waals surface area contributed by atoms with Gasteiger partial charge in [0.25, 0.3) is 0 Å². The smallest absolute Gasteiger partial charge is 0.399 e. The zero-order valence-corrected chi connectivity index (χ0v) is 17.7. The van der Waals surface area contributed by atoms with E-state index in [1.54, 1.807) is 0 Å². The Morgan fingerprint density at radius 2 is 1.78 bits per heavy atom. The van der Waals surface area contributed by atoms with Crippen LogP contribution in [0.3, 0.4) is 0 Å². The minimum atomic E-state index is -0.404. The van der Waals surface area contributed by atoms with Gasteiger partial charge in [-0.2, -0.15) is 0 Å². The quantitative estimate of drug-likeness (QED) is 0.762. The lowest BCUT2D eigenvalue weighted by Gasteiger charge is -2.42. The summed E-state index contributed by atoms with van der Waals surface area (Å²) in [5.41, 5.74) is 1.02. The SMILES string of the molecule is CC(C)(C)OC1CN(C(=O)Cc2cccc(B3OC(C)(C)C(C)(C)O3)c2)C1. The van der Waals surface area contributed by atoms with Gasteiger partial charge in [-0.05, 0) is 59.5 Å². The topological polar surface area (TPSA) is 48.0 Å². The molecule has 27 heavy (non-hydrogen) atoms. The summed E-state index contributed by atoms with van der Waals surface area (Å²) >= 11 is 0. The molecule has 0 aromatic heterocycles. The number of likely N-dealkylation sites (tertiary alicyclic amines) is 1. The average molecular weight is 373 g/mol. The van der Waals surface area contributed by atoms with E-state index >= 15 is 0 Å². The number of carbonyl (C=O) groups is 1. The molecular weight excluding hydrogens is 341 g/mol. The van der Waals surface area contributed by atoms with Gasteiger partial charge in [-0.3, -0.25) is 4.79 Å². The third kappa shape index (κ3) is 4.56. The first kappa shape index (κ1) is 20.4. The summed E-state index contributed by atoms with van der Waals surface area (Å²) < 4.78 is 18.1. The highest BCUT2D eigenvalue weighted by Gasteiger charge is 2.51. The van der Waals surface area contributed by atoms with Crippen molar-refractivity contribution in [2.24, 2.45) is 0 Å². The Kier molecular flexibility index (Phi) is 5.21. The van der Waals surface area contributed by atoms with Crippen molar-refractivity contribution in [1.82, 2.24) is 4.90 Å². The van der Waals surface area contributed by atoms with E-state index in [9.17, 15) is 4.79 Å². The van der Waals surface area contributed by atoms with Gasteiger partial charge in [0.1, 0.15) is 0 Å². The van der Waals surface area contributed by atoms with Crippen LogP contribution >= 0.6 is 0 Å². The summed E-state index contributed by atoms with van der Waals surface area (Å²) in [6.45, 7) is 15.6. The highest BCUT2D eigenvalue weighted by Crippen LogP contribution is 2.36. The van der Waals surface area contributed by atoms with Gasteiger partial charge in [-0.15, -0.1) is 0 Å². The van der Waals surface area contributed by atoms with E-state index in [2.05, 4.69) is 0 Å². The summed E-state index contributed by atoms with van der Waals surface area (Å²) in [7, 11) is -0.404. The molecule has 2 saturated heterocycles. The fraction of sp³-hybridized carbons (Fsp3) is 0.667. The molecule has 1 amide bonds. The Labute approximate surface area is 163 Å². The number of carbonyl (C=O) groups excluding carboxylic acids is 1. The summed E-state index contributed by atoms with van der Waals surface area (Å²) in [5, 5.41) is 0. The Hall–Kier alpha value is -1.37. The molecule has 3 rings (SSSR count). The first-order chi connectivity index (χ1) is 12.4. The van der Waals surface area contributed by atoms with E-state index in [0.717, 1.165) is 11.0 Å². The first-order valence-electron chi connectivity index (χ1n) is 9.76. The van der Waals surface area contributed by atoms with Crippen LogP contribution in [-0.2, 0) is 25.3 Å². The molecule has 0 N–H and O–H groups in total. The summed E-state index contributed by atoms with van der Waals surface area (Å²) in [6.07, 6.45) is 0.528. The van der Waals surface area contributed by atoms with E-state index in [-0.39, 0.29) is 28.8 Å². The number of rotatable bonds is 4. The number of nitrogens with zero attached hydrogens (tertiary/aromatic N) is 1. The zero-order valence-electron chi connectivity index (χ0n) is 17.7. The molecule has 148 valence electrons. The highest BCUT2D eigenvalue weighted by molar-refractivity contribution is 6.62. The van der Waals surface area contributed by atoms with Crippen LogP contribution in [0.2, 0.25) is 0 Å². The molecule has 2 aliphatic heterocycles. The summed E-state index contributed by atoms with van der Waals surface area (Å²) in [5.74, 6) is 0.134. The Morgan fingerprint density at radius 1 is 1.19 bits per heavy atom. The lowest BCUT2D eigenvalue weighted by atomic mass is 9.78. The van der Waals surface area contributed by atoms with Gasteiger partial charge in [-0.1, -0.05) is 24.3 Å². The second kappa shape index (κ2) is 6.91. The molecule has 1 aromatic rings. The Morgan fingerprint density at radius 3 is 2.33 bits per heavy atom. The first-order valence-corrected chi connectivity index (χ1v) is 9.76. The van der Waals surface area contributed by atoms with Crippen molar-refractivity contribution in [1.29, 1.82) is 0 Å². The van der Waals surface area contributed by atoms with E-state index in [1.807, 2.05) is 77.6 Å². The number of benzene rings is 1. The van der Waals surface area contributed by atoms with Crippen LogP contribution in [0.4, 0.5) is 0 Å². The molecule has 5 nitrogen and oxygen atoms in total. The fourth-order valence-electron chi connectivity index (χ4n) is 3.33. The molecule has 2 heterocycles. The number of ether oxygens (including phenoxy) is 1. The molecule has 0 unspecified atom stereocenters. The molecule has 0 bridgehead atoms. The lowest BCUT2D eigenvalue weighted by Crippen LogP contribution is -2.57. The second-order valence-electron chi connectivity index (χ2n) is 9.66. The molecule has 0 saturated carbocycles. The van der Waals surface area contributed by atoms with Crippen molar-refractivity contribution in [3.63, 3.8) is 0 Å². The lowest BCUT2D eigenvalue weighted by molar-refractivity contribution is -0.156. The van der Waals surface area contributed by atoms with Crippen molar-refractivity contribution in [3.8, 4) is 0 Å². The number of hydrogen-bond acceptors (Lipinski definition) is 4.